The maximum Gasteiger partial charge on any atom is 0.228 e. The van der Waals surface area contributed by atoms with Gasteiger partial charge in [0, 0.05) is 31.5 Å². The van der Waals surface area contributed by atoms with Crippen LogP contribution in [0.3, 0.4) is 0 Å². The first-order valence-electron chi connectivity index (χ1n) is 10.0. The molecule has 0 aliphatic heterocycles. The summed E-state index contributed by atoms with van der Waals surface area (Å²) in [4.78, 5) is 19.7. The number of benzene rings is 1. The zero-order valence-corrected chi connectivity index (χ0v) is 17.4. The van der Waals surface area contributed by atoms with Crippen molar-refractivity contribution in [1.82, 2.24) is 9.55 Å². The molecule has 2 heterocycles. The topological polar surface area (TPSA) is 38.1 Å². The minimum absolute atomic E-state index is 0.150. The second-order valence-corrected chi connectivity index (χ2v) is 8.54. The lowest BCUT2D eigenvalue weighted by Gasteiger charge is -2.26. The first-order chi connectivity index (χ1) is 13.6. The number of hydrogen-bond donors (Lipinski definition) is 0. The van der Waals surface area contributed by atoms with E-state index < -0.39 is 0 Å². The van der Waals surface area contributed by atoms with Crippen LogP contribution < -0.4 is 4.90 Å². The highest BCUT2D eigenvalue weighted by atomic mass is 32.1. The van der Waals surface area contributed by atoms with Gasteiger partial charge in [-0.15, -0.1) is 0 Å². The molecule has 4 nitrogen and oxygen atoms in total. The molecule has 0 bridgehead atoms. The van der Waals surface area contributed by atoms with Crippen LogP contribution in [0.15, 0.2) is 47.4 Å². The molecule has 3 aromatic rings. The Morgan fingerprint density at radius 1 is 1.25 bits per heavy atom. The first-order valence-corrected chi connectivity index (χ1v) is 11.0. The monoisotopic (exact) mass is 393 g/mol. The fourth-order valence-electron chi connectivity index (χ4n) is 3.95. The first kappa shape index (κ1) is 18.9. The number of fused-ring (bicyclic) bond motifs is 1. The lowest BCUT2D eigenvalue weighted by atomic mass is 9.91. The van der Waals surface area contributed by atoms with Crippen LogP contribution in [0.25, 0.3) is 0 Å². The molecule has 1 aromatic carbocycles. The minimum Gasteiger partial charge on any atom is -0.337 e. The third-order valence-corrected chi connectivity index (χ3v) is 6.46. The van der Waals surface area contributed by atoms with Gasteiger partial charge in [0.2, 0.25) is 5.91 Å². The average molecular weight is 394 g/mol. The third-order valence-electron chi connectivity index (χ3n) is 5.76. The van der Waals surface area contributed by atoms with Crippen molar-refractivity contribution in [3.05, 3.63) is 69.9 Å². The number of aromatic nitrogens is 2. The molecule has 28 heavy (non-hydrogen) atoms. The highest BCUT2D eigenvalue weighted by Gasteiger charge is 2.22. The molecule has 0 fully saturated rings. The molecule has 5 heteroatoms. The number of carbonyl (C=O) groups excluding carboxylic acids is 1. The van der Waals surface area contributed by atoms with Gasteiger partial charge in [0.05, 0.1) is 6.54 Å². The smallest absolute Gasteiger partial charge is 0.228 e. The Labute approximate surface area is 170 Å². The lowest BCUT2D eigenvalue weighted by Crippen LogP contribution is -2.32. The fraction of sp³-hybridized carbons (Fsp3) is 0.391. The van der Waals surface area contributed by atoms with Crippen molar-refractivity contribution in [2.45, 2.75) is 51.5 Å². The van der Waals surface area contributed by atoms with Gasteiger partial charge in [-0.25, -0.2) is 4.98 Å². The number of hydrogen-bond acceptors (Lipinski definition) is 3. The van der Waals surface area contributed by atoms with E-state index in [1.165, 1.54) is 29.5 Å². The largest absolute Gasteiger partial charge is 0.337 e. The molecule has 4 rings (SSSR count). The van der Waals surface area contributed by atoms with E-state index in [0.29, 0.717) is 13.0 Å². The quantitative estimate of drug-likeness (QED) is 0.585. The SMILES string of the molecule is C[C@@H](CC(=O)N(Cc1nccn1C)c1ccc2c(c1)CCCC2)c1ccsc1. The summed E-state index contributed by atoms with van der Waals surface area (Å²) in [7, 11) is 1.98. The van der Waals surface area contributed by atoms with Crippen molar-refractivity contribution >= 4 is 22.9 Å². The van der Waals surface area contributed by atoms with Crippen molar-refractivity contribution in [2.75, 3.05) is 4.90 Å². The number of nitrogens with zero attached hydrogens (tertiary/aromatic N) is 3. The van der Waals surface area contributed by atoms with E-state index in [4.69, 9.17) is 0 Å². The zero-order chi connectivity index (χ0) is 19.5. The molecule has 0 radical (unpaired) electrons. The summed E-state index contributed by atoms with van der Waals surface area (Å²) in [6.45, 7) is 2.63. The second-order valence-electron chi connectivity index (χ2n) is 7.76. The van der Waals surface area contributed by atoms with Crippen LogP contribution in [0.1, 0.15) is 54.6 Å². The molecule has 0 saturated carbocycles. The highest BCUT2D eigenvalue weighted by molar-refractivity contribution is 7.08. The fourth-order valence-corrected chi connectivity index (χ4v) is 4.73. The van der Waals surface area contributed by atoms with Gasteiger partial charge in [0.15, 0.2) is 0 Å². The summed E-state index contributed by atoms with van der Waals surface area (Å²) in [6.07, 6.45) is 8.98. The molecule has 0 saturated heterocycles. The van der Waals surface area contributed by atoms with E-state index in [0.717, 1.165) is 24.4 Å². The highest BCUT2D eigenvalue weighted by Crippen LogP contribution is 2.29. The Hall–Kier alpha value is -2.40. The number of amides is 1. The maximum atomic E-state index is 13.3. The zero-order valence-electron chi connectivity index (χ0n) is 16.6. The number of thiophene rings is 1. The van der Waals surface area contributed by atoms with E-state index in [1.807, 2.05) is 22.7 Å². The van der Waals surface area contributed by atoms with Crippen molar-refractivity contribution < 1.29 is 4.79 Å². The number of imidazole rings is 1. The molecule has 1 aliphatic rings. The molecule has 1 amide bonds. The standard InChI is InChI=1S/C23H27N3OS/c1-17(20-9-12-28-16-20)13-23(27)26(15-22-24-10-11-25(22)2)21-8-7-18-5-3-4-6-19(18)14-21/h7-12,14,16-17H,3-6,13,15H2,1-2H3/t17-/m0/s1. The van der Waals surface area contributed by atoms with E-state index in [9.17, 15) is 4.79 Å². The Bertz CT molecular complexity index is 945. The van der Waals surface area contributed by atoms with Crippen LogP contribution in [0.2, 0.25) is 0 Å². The minimum atomic E-state index is 0.150. The number of aryl methyl sites for hydroxylation is 3. The van der Waals surface area contributed by atoms with Gasteiger partial charge in [-0.05, 0) is 77.3 Å². The summed E-state index contributed by atoms with van der Waals surface area (Å²) in [5, 5.41) is 4.21. The molecule has 2 aromatic heterocycles. The molecule has 0 unspecified atom stereocenters. The van der Waals surface area contributed by atoms with Crippen LogP contribution in [-0.2, 0) is 31.2 Å². The third kappa shape index (κ3) is 4.04. The summed E-state index contributed by atoms with van der Waals surface area (Å²) < 4.78 is 1.99. The second kappa shape index (κ2) is 8.31. The molecule has 0 spiro atoms. The Balaban J connectivity index is 1.61. The molecule has 1 aliphatic carbocycles. The molecule has 0 N–H and O–H groups in total. The van der Waals surface area contributed by atoms with Crippen molar-refractivity contribution in [3.8, 4) is 0 Å². The average Bonchev–Trinajstić information content (AvgIpc) is 3.37. The normalized spacial score (nSPS) is 14.5. The van der Waals surface area contributed by atoms with Gasteiger partial charge in [-0.1, -0.05) is 13.0 Å². The Kier molecular flexibility index (Phi) is 5.62. The van der Waals surface area contributed by atoms with Gasteiger partial charge < -0.3 is 9.47 Å². The van der Waals surface area contributed by atoms with Gasteiger partial charge in [-0.2, -0.15) is 11.3 Å². The summed E-state index contributed by atoms with van der Waals surface area (Å²) in [5.74, 6) is 1.26. The maximum absolute atomic E-state index is 13.3. The molecular formula is C23H27N3OS. The van der Waals surface area contributed by atoms with Gasteiger partial charge >= 0.3 is 0 Å². The van der Waals surface area contributed by atoms with Crippen LogP contribution in [0, 0.1) is 0 Å². The van der Waals surface area contributed by atoms with E-state index in [-0.39, 0.29) is 11.8 Å². The van der Waals surface area contributed by atoms with E-state index in [2.05, 4.69) is 46.9 Å². The molecule has 1 atom stereocenters. The van der Waals surface area contributed by atoms with Crippen LogP contribution >= 0.6 is 11.3 Å². The van der Waals surface area contributed by atoms with Gasteiger partial charge in [-0.3, -0.25) is 4.79 Å². The van der Waals surface area contributed by atoms with Gasteiger partial charge in [0.25, 0.3) is 0 Å². The van der Waals surface area contributed by atoms with E-state index in [1.54, 1.807) is 17.5 Å². The lowest BCUT2D eigenvalue weighted by molar-refractivity contribution is -0.119. The predicted molar refractivity (Wildman–Crippen MR) is 115 cm³/mol. The predicted octanol–water partition coefficient (Wildman–Crippen LogP) is 5.09. The van der Waals surface area contributed by atoms with Gasteiger partial charge in [0.1, 0.15) is 5.82 Å². The summed E-state index contributed by atoms with van der Waals surface area (Å²) >= 11 is 1.68. The molecule has 146 valence electrons. The van der Waals surface area contributed by atoms with Crippen molar-refractivity contribution in [1.29, 1.82) is 0 Å². The number of carbonyl (C=O) groups is 1. The van der Waals surface area contributed by atoms with E-state index >= 15 is 0 Å². The van der Waals surface area contributed by atoms with Crippen LogP contribution in [-0.4, -0.2) is 15.5 Å². The van der Waals surface area contributed by atoms with Crippen LogP contribution in [0.4, 0.5) is 5.69 Å². The Morgan fingerprint density at radius 3 is 2.79 bits per heavy atom. The van der Waals surface area contributed by atoms with Crippen LogP contribution in [0.5, 0.6) is 0 Å². The van der Waals surface area contributed by atoms with Crippen molar-refractivity contribution in [2.24, 2.45) is 7.05 Å². The summed E-state index contributed by atoms with van der Waals surface area (Å²) in [6, 6.07) is 8.67. The van der Waals surface area contributed by atoms with Crippen molar-refractivity contribution in [3.63, 3.8) is 0 Å². The molecular weight excluding hydrogens is 366 g/mol. The summed E-state index contributed by atoms with van der Waals surface area (Å²) in [5.41, 5.74) is 5.06. The number of rotatable bonds is 6. The Morgan fingerprint density at radius 2 is 2.07 bits per heavy atom. The number of anilines is 1.